The van der Waals surface area contributed by atoms with Gasteiger partial charge in [0.05, 0.1) is 0 Å². The molecule has 2 fully saturated rings. The molecule has 2 saturated heterocycles. The highest BCUT2D eigenvalue weighted by atomic mass is 16.2. The number of benzene rings is 1. The van der Waals surface area contributed by atoms with Crippen LogP contribution in [0.5, 0.6) is 0 Å². The largest absolute Gasteiger partial charge is 0.341 e. The number of rotatable bonds is 5. The van der Waals surface area contributed by atoms with E-state index in [1.165, 1.54) is 11.1 Å². The summed E-state index contributed by atoms with van der Waals surface area (Å²) in [5, 5.41) is 0. The Morgan fingerprint density at radius 1 is 1.04 bits per heavy atom. The molecule has 0 N–H and O–H groups in total. The molecule has 5 nitrogen and oxygen atoms in total. The summed E-state index contributed by atoms with van der Waals surface area (Å²) in [6.07, 6.45) is 2.82. The molecule has 142 valence electrons. The number of likely N-dealkylation sites (N-methyl/N-ethyl adjacent to an activating group) is 1. The van der Waals surface area contributed by atoms with Crippen LogP contribution >= 0.6 is 0 Å². The first-order chi connectivity index (χ1) is 12.7. The predicted octanol–water partition coefficient (Wildman–Crippen LogP) is 1.63. The Balaban J connectivity index is 1.17. The Morgan fingerprint density at radius 2 is 1.73 bits per heavy atom. The van der Waals surface area contributed by atoms with E-state index < -0.39 is 0 Å². The zero-order valence-electron chi connectivity index (χ0n) is 16.1. The zero-order valence-corrected chi connectivity index (χ0v) is 16.1. The molecule has 3 aliphatic rings. The lowest BCUT2D eigenvalue weighted by Crippen LogP contribution is -2.50. The Bertz CT molecular complexity index is 601. The minimum absolute atomic E-state index is 0.360. The number of likely N-dealkylation sites (tertiary alicyclic amines) is 1. The molecule has 26 heavy (non-hydrogen) atoms. The molecule has 0 aromatic heterocycles. The molecule has 0 spiro atoms. The van der Waals surface area contributed by atoms with Crippen LogP contribution in [0, 0.1) is 0 Å². The molecule has 3 heterocycles. The molecule has 5 heteroatoms. The Hall–Kier alpha value is -1.43. The van der Waals surface area contributed by atoms with Crippen LogP contribution < -0.4 is 0 Å². The molecule has 1 aromatic rings. The van der Waals surface area contributed by atoms with Crippen molar-refractivity contribution >= 4 is 5.91 Å². The van der Waals surface area contributed by atoms with E-state index in [1.807, 2.05) is 0 Å². The third kappa shape index (κ3) is 4.11. The third-order valence-corrected chi connectivity index (χ3v) is 6.34. The van der Waals surface area contributed by atoms with Crippen LogP contribution in [0.25, 0.3) is 0 Å². The molecule has 1 amide bonds. The van der Waals surface area contributed by atoms with Crippen molar-refractivity contribution in [3.05, 3.63) is 35.4 Å². The van der Waals surface area contributed by atoms with Gasteiger partial charge >= 0.3 is 0 Å². The van der Waals surface area contributed by atoms with E-state index in [1.54, 1.807) is 0 Å². The molecule has 0 radical (unpaired) electrons. The van der Waals surface area contributed by atoms with Crippen LogP contribution in [-0.4, -0.2) is 84.4 Å². The molecule has 1 atom stereocenters. The fourth-order valence-electron chi connectivity index (χ4n) is 4.63. The fourth-order valence-corrected chi connectivity index (χ4v) is 4.63. The van der Waals surface area contributed by atoms with E-state index in [0.717, 1.165) is 71.7 Å². The van der Waals surface area contributed by atoms with Crippen molar-refractivity contribution in [1.29, 1.82) is 0 Å². The van der Waals surface area contributed by atoms with Gasteiger partial charge < -0.3 is 9.80 Å². The van der Waals surface area contributed by atoms with E-state index in [4.69, 9.17) is 0 Å². The van der Waals surface area contributed by atoms with Gasteiger partial charge in [-0.05, 0) is 37.6 Å². The van der Waals surface area contributed by atoms with Crippen molar-refractivity contribution < 1.29 is 4.79 Å². The first-order valence-electron chi connectivity index (χ1n) is 10.2. The number of amides is 1. The lowest BCUT2D eigenvalue weighted by Gasteiger charge is -2.36. The quantitative estimate of drug-likeness (QED) is 0.802. The smallest absolute Gasteiger partial charge is 0.222 e. The second-order valence-corrected chi connectivity index (χ2v) is 8.20. The van der Waals surface area contributed by atoms with Crippen molar-refractivity contribution in [2.24, 2.45) is 0 Å². The number of hydrogen-bond donors (Lipinski definition) is 0. The predicted molar refractivity (Wildman–Crippen MR) is 104 cm³/mol. The molecule has 4 rings (SSSR count). The van der Waals surface area contributed by atoms with E-state index in [-0.39, 0.29) is 0 Å². The summed E-state index contributed by atoms with van der Waals surface area (Å²) in [6.45, 7) is 9.61. The van der Waals surface area contributed by atoms with E-state index in [2.05, 4.69) is 50.9 Å². The van der Waals surface area contributed by atoms with Crippen LogP contribution in [0.1, 0.15) is 30.4 Å². The van der Waals surface area contributed by atoms with E-state index in [0.29, 0.717) is 18.4 Å². The lowest BCUT2D eigenvalue weighted by atomic mass is 10.1. The second-order valence-electron chi connectivity index (χ2n) is 8.20. The summed E-state index contributed by atoms with van der Waals surface area (Å²) in [5.74, 6) is 0.360. The topological polar surface area (TPSA) is 30.0 Å². The average Bonchev–Trinajstić information content (AvgIpc) is 3.29. The van der Waals surface area contributed by atoms with Crippen LogP contribution in [-0.2, 0) is 17.9 Å². The van der Waals surface area contributed by atoms with Crippen molar-refractivity contribution in [2.75, 3.05) is 52.9 Å². The van der Waals surface area contributed by atoms with Gasteiger partial charge in [0, 0.05) is 64.8 Å². The van der Waals surface area contributed by atoms with Gasteiger partial charge in [0.15, 0.2) is 0 Å². The van der Waals surface area contributed by atoms with Crippen molar-refractivity contribution in [2.45, 2.75) is 38.4 Å². The summed E-state index contributed by atoms with van der Waals surface area (Å²) in [6, 6.07) is 9.28. The monoisotopic (exact) mass is 356 g/mol. The summed E-state index contributed by atoms with van der Waals surface area (Å²) >= 11 is 0. The Kier molecular flexibility index (Phi) is 5.57. The van der Waals surface area contributed by atoms with Gasteiger partial charge in [0.1, 0.15) is 0 Å². The Labute approximate surface area is 157 Å². The Morgan fingerprint density at radius 3 is 2.42 bits per heavy atom. The zero-order chi connectivity index (χ0) is 17.9. The maximum Gasteiger partial charge on any atom is 0.222 e. The van der Waals surface area contributed by atoms with Crippen LogP contribution in [0.3, 0.4) is 0 Å². The number of hydrogen-bond acceptors (Lipinski definition) is 4. The fraction of sp³-hybridized carbons (Fsp3) is 0.667. The van der Waals surface area contributed by atoms with Crippen molar-refractivity contribution in [3.8, 4) is 0 Å². The molecular weight excluding hydrogens is 324 g/mol. The highest BCUT2D eigenvalue weighted by Gasteiger charge is 2.31. The molecule has 0 unspecified atom stereocenters. The molecule has 0 aliphatic carbocycles. The van der Waals surface area contributed by atoms with E-state index >= 15 is 0 Å². The first-order valence-corrected chi connectivity index (χ1v) is 10.2. The maximum absolute atomic E-state index is 12.6. The standard InChI is InChI=1S/C21H32N4O/c1-22-11-13-24(14-12-22)20-8-10-25(17-20)21(26)7-4-9-23-15-18-5-2-3-6-19(18)16-23/h2-3,5-6,20H,4,7-17H2,1H3/t20-/m0/s1. The highest BCUT2D eigenvalue weighted by molar-refractivity contribution is 5.76. The van der Waals surface area contributed by atoms with Gasteiger partial charge in [-0.15, -0.1) is 0 Å². The van der Waals surface area contributed by atoms with Crippen LogP contribution in [0.4, 0.5) is 0 Å². The van der Waals surface area contributed by atoms with Gasteiger partial charge in [-0.2, -0.15) is 0 Å². The first kappa shape index (κ1) is 18.0. The van der Waals surface area contributed by atoms with Gasteiger partial charge in [-0.25, -0.2) is 0 Å². The van der Waals surface area contributed by atoms with Crippen LogP contribution in [0.15, 0.2) is 24.3 Å². The average molecular weight is 357 g/mol. The number of nitrogens with zero attached hydrogens (tertiary/aromatic N) is 4. The van der Waals surface area contributed by atoms with Gasteiger partial charge in [0.25, 0.3) is 0 Å². The molecule has 1 aromatic carbocycles. The number of piperazine rings is 1. The molecule has 3 aliphatic heterocycles. The summed E-state index contributed by atoms with van der Waals surface area (Å²) in [5.41, 5.74) is 2.90. The number of fused-ring (bicyclic) bond motifs is 1. The minimum atomic E-state index is 0.360. The number of carbonyl (C=O) groups excluding carboxylic acids is 1. The third-order valence-electron chi connectivity index (χ3n) is 6.34. The summed E-state index contributed by atoms with van der Waals surface area (Å²) < 4.78 is 0. The van der Waals surface area contributed by atoms with Crippen molar-refractivity contribution in [3.63, 3.8) is 0 Å². The summed E-state index contributed by atoms with van der Waals surface area (Å²) in [4.78, 5) is 22.2. The van der Waals surface area contributed by atoms with Gasteiger partial charge in [0.2, 0.25) is 5.91 Å². The molecule has 0 bridgehead atoms. The second kappa shape index (κ2) is 8.07. The normalized spacial score (nSPS) is 25.0. The molecular formula is C21H32N4O. The van der Waals surface area contributed by atoms with Gasteiger partial charge in [-0.1, -0.05) is 24.3 Å². The van der Waals surface area contributed by atoms with Gasteiger partial charge in [-0.3, -0.25) is 14.6 Å². The summed E-state index contributed by atoms with van der Waals surface area (Å²) in [7, 11) is 2.20. The number of carbonyl (C=O) groups is 1. The maximum atomic E-state index is 12.6. The molecule has 0 saturated carbocycles. The van der Waals surface area contributed by atoms with E-state index in [9.17, 15) is 4.79 Å². The highest BCUT2D eigenvalue weighted by Crippen LogP contribution is 2.23. The van der Waals surface area contributed by atoms with Crippen molar-refractivity contribution in [1.82, 2.24) is 19.6 Å². The lowest BCUT2D eigenvalue weighted by molar-refractivity contribution is -0.130. The SMILES string of the molecule is CN1CCN([C@H]2CCN(C(=O)CCCN3Cc4ccccc4C3)C2)CC1. The van der Waals surface area contributed by atoms with Crippen LogP contribution in [0.2, 0.25) is 0 Å². The minimum Gasteiger partial charge on any atom is -0.341 e.